The first-order valence-electron chi connectivity index (χ1n) is 9.31. The molecule has 0 aliphatic heterocycles. The molecule has 1 aromatic carbocycles. The molecule has 1 fully saturated rings. The van der Waals surface area contributed by atoms with Crippen LogP contribution in [0.25, 0.3) is 0 Å². The lowest BCUT2D eigenvalue weighted by Crippen LogP contribution is -2.41. The van der Waals surface area contributed by atoms with Crippen molar-refractivity contribution in [3.63, 3.8) is 0 Å². The Morgan fingerprint density at radius 3 is 2.46 bits per heavy atom. The van der Waals surface area contributed by atoms with Crippen LogP contribution in [0.15, 0.2) is 24.3 Å². The summed E-state index contributed by atoms with van der Waals surface area (Å²) in [5.74, 6) is -1.33. The summed E-state index contributed by atoms with van der Waals surface area (Å²) in [4.78, 5) is 36.1. The second kappa shape index (κ2) is 9.36. The van der Waals surface area contributed by atoms with Crippen molar-refractivity contribution in [1.82, 2.24) is 5.32 Å². The van der Waals surface area contributed by atoms with Gasteiger partial charge in [0.05, 0.1) is 0 Å². The largest absolute Gasteiger partial charge is 0.480 e. The van der Waals surface area contributed by atoms with Gasteiger partial charge in [0.1, 0.15) is 6.04 Å². The van der Waals surface area contributed by atoms with Gasteiger partial charge in [0.15, 0.2) is 0 Å². The molecule has 2 amide bonds. The zero-order valence-corrected chi connectivity index (χ0v) is 15.5. The smallest absolute Gasteiger partial charge is 0.326 e. The van der Waals surface area contributed by atoms with Crippen molar-refractivity contribution in [1.29, 1.82) is 0 Å². The van der Waals surface area contributed by atoms with E-state index in [-0.39, 0.29) is 17.7 Å². The molecular formula is C20H28N2O4. The zero-order chi connectivity index (χ0) is 19.1. The Hall–Kier alpha value is -2.37. The third kappa shape index (κ3) is 5.86. The summed E-state index contributed by atoms with van der Waals surface area (Å²) in [6.45, 7) is 3.81. The van der Waals surface area contributed by atoms with Crippen LogP contribution in [0.5, 0.6) is 0 Å². The quantitative estimate of drug-likeness (QED) is 0.694. The highest BCUT2D eigenvalue weighted by molar-refractivity contribution is 5.99. The fraction of sp³-hybridized carbons (Fsp3) is 0.550. The van der Waals surface area contributed by atoms with Crippen LogP contribution in [0.1, 0.15) is 62.7 Å². The molecule has 0 spiro atoms. The molecular weight excluding hydrogens is 332 g/mol. The van der Waals surface area contributed by atoms with Gasteiger partial charge < -0.3 is 15.7 Å². The molecule has 3 N–H and O–H groups in total. The number of carboxylic acid groups (broad SMARTS) is 1. The number of benzene rings is 1. The van der Waals surface area contributed by atoms with E-state index in [1.54, 1.807) is 24.3 Å². The summed E-state index contributed by atoms with van der Waals surface area (Å²) in [5.41, 5.74) is 0.894. The number of aliphatic carboxylic acids is 1. The summed E-state index contributed by atoms with van der Waals surface area (Å²) in [6, 6.07) is 5.69. The van der Waals surface area contributed by atoms with Crippen LogP contribution in [0.2, 0.25) is 0 Å². The summed E-state index contributed by atoms with van der Waals surface area (Å²) in [6.07, 6.45) is 5.50. The van der Waals surface area contributed by atoms with Gasteiger partial charge >= 0.3 is 5.97 Å². The predicted octanol–water partition coefficient (Wildman–Crippen LogP) is 3.43. The maximum atomic E-state index is 12.4. The third-order valence-corrected chi connectivity index (χ3v) is 4.68. The lowest BCUT2D eigenvalue weighted by molar-refractivity contribution is -0.139. The van der Waals surface area contributed by atoms with Crippen LogP contribution in [0.4, 0.5) is 5.69 Å². The fourth-order valence-electron chi connectivity index (χ4n) is 3.28. The predicted molar refractivity (Wildman–Crippen MR) is 100.0 cm³/mol. The monoisotopic (exact) mass is 360 g/mol. The highest BCUT2D eigenvalue weighted by atomic mass is 16.4. The van der Waals surface area contributed by atoms with Crippen LogP contribution >= 0.6 is 0 Å². The molecule has 0 bridgehead atoms. The molecule has 1 aliphatic rings. The first-order chi connectivity index (χ1) is 12.4. The average Bonchev–Trinajstić information content (AvgIpc) is 2.61. The molecule has 6 nitrogen and oxygen atoms in total. The molecule has 0 aromatic heterocycles. The van der Waals surface area contributed by atoms with E-state index in [9.17, 15) is 19.5 Å². The van der Waals surface area contributed by atoms with Gasteiger partial charge in [-0.3, -0.25) is 9.59 Å². The summed E-state index contributed by atoms with van der Waals surface area (Å²) < 4.78 is 0. The fourth-order valence-corrected chi connectivity index (χ4v) is 3.28. The van der Waals surface area contributed by atoms with E-state index in [2.05, 4.69) is 10.6 Å². The average molecular weight is 360 g/mol. The maximum absolute atomic E-state index is 12.4. The first-order valence-corrected chi connectivity index (χ1v) is 9.31. The van der Waals surface area contributed by atoms with Gasteiger partial charge in [0.2, 0.25) is 5.91 Å². The molecule has 1 aliphatic carbocycles. The minimum atomic E-state index is -1.05. The number of amides is 2. The van der Waals surface area contributed by atoms with Crippen molar-refractivity contribution in [2.24, 2.45) is 11.8 Å². The SMILES string of the molecule is CC(C)CC(NC(=O)c1cccc(NC(=O)C2CCCCC2)c1)C(=O)O. The van der Waals surface area contributed by atoms with Gasteiger partial charge in [0.25, 0.3) is 5.91 Å². The Labute approximate surface area is 154 Å². The molecule has 26 heavy (non-hydrogen) atoms. The number of hydrogen-bond donors (Lipinski definition) is 3. The van der Waals surface area contributed by atoms with Gasteiger partial charge in [-0.15, -0.1) is 0 Å². The molecule has 1 aromatic rings. The summed E-state index contributed by atoms with van der Waals surface area (Å²) >= 11 is 0. The molecule has 1 saturated carbocycles. The highest BCUT2D eigenvalue weighted by Crippen LogP contribution is 2.25. The molecule has 1 unspecified atom stereocenters. The minimum absolute atomic E-state index is 0.00882. The van der Waals surface area contributed by atoms with E-state index in [4.69, 9.17) is 0 Å². The number of carbonyl (C=O) groups excluding carboxylic acids is 2. The topological polar surface area (TPSA) is 95.5 Å². The van der Waals surface area contributed by atoms with E-state index < -0.39 is 17.9 Å². The second-order valence-corrected chi connectivity index (χ2v) is 7.40. The van der Waals surface area contributed by atoms with Gasteiger partial charge in [0, 0.05) is 17.2 Å². The van der Waals surface area contributed by atoms with Crippen LogP contribution < -0.4 is 10.6 Å². The Morgan fingerprint density at radius 1 is 1.15 bits per heavy atom. The van der Waals surface area contributed by atoms with Gasteiger partial charge in [-0.25, -0.2) is 4.79 Å². The Kier molecular flexibility index (Phi) is 7.18. The molecule has 2 rings (SSSR count). The molecule has 6 heteroatoms. The molecule has 142 valence electrons. The van der Waals surface area contributed by atoms with Crippen molar-refractivity contribution in [3.05, 3.63) is 29.8 Å². The summed E-state index contributed by atoms with van der Waals surface area (Å²) in [5, 5.41) is 14.7. The number of carbonyl (C=O) groups is 3. The molecule has 0 heterocycles. The Morgan fingerprint density at radius 2 is 1.85 bits per heavy atom. The van der Waals surface area contributed by atoms with Gasteiger partial charge in [-0.05, 0) is 43.4 Å². The highest BCUT2D eigenvalue weighted by Gasteiger charge is 2.23. The second-order valence-electron chi connectivity index (χ2n) is 7.40. The number of rotatable bonds is 7. The van der Waals surface area contributed by atoms with Gasteiger partial charge in [-0.2, -0.15) is 0 Å². The van der Waals surface area contributed by atoms with E-state index in [0.717, 1.165) is 25.7 Å². The van der Waals surface area contributed by atoms with Gasteiger partial charge in [-0.1, -0.05) is 39.2 Å². The lowest BCUT2D eigenvalue weighted by atomic mass is 9.88. The normalized spacial score (nSPS) is 16.1. The number of nitrogens with one attached hydrogen (secondary N) is 2. The van der Waals surface area contributed by atoms with Crippen molar-refractivity contribution in [2.75, 3.05) is 5.32 Å². The Balaban J connectivity index is 2.01. The van der Waals surface area contributed by atoms with Crippen molar-refractivity contribution in [3.8, 4) is 0 Å². The van der Waals surface area contributed by atoms with Crippen LogP contribution in [0, 0.1) is 11.8 Å². The van der Waals surface area contributed by atoms with E-state index in [1.165, 1.54) is 6.42 Å². The van der Waals surface area contributed by atoms with Crippen LogP contribution in [-0.2, 0) is 9.59 Å². The van der Waals surface area contributed by atoms with Crippen molar-refractivity contribution in [2.45, 2.75) is 58.4 Å². The maximum Gasteiger partial charge on any atom is 0.326 e. The van der Waals surface area contributed by atoms with Crippen molar-refractivity contribution >= 4 is 23.5 Å². The van der Waals surface area contributed by atoms with E-state index in [1.807, 2.05) is 13.8 Å². The number of anilines is 1. The Bertz CT molecular complexity index is 651. The van der Waals surface area contributed by atoms with E-state index in [0.29, 0.717) is 17.7 Å². The standard InChI is InChI=1S/C20H28N2O4/c1-13(2)11-17(20(25)26)22-19(24)15-9-6-10-16(12-15)21-18(23)14-7-4-3-5-8-14/h6,9-10,12-14,17H,3-5,7-8,11H2,1-2H3,(H,21,23)(H,22,24)(H,25,26). The van der Waals surface area contributed by atoms with Crippen LogP contribution in [0.3, 0.4) is 0 Å². The molecule has 0 saturated heterocycles. The van der Waals surface area contributed by atoms with E-state index >= 15 is 0 Å². The lowest BCUT2D eigenvalue weighted by Gasteiger charge is -2.21. The first kappa shape index (κ1) is 19.9. The zero-order valence-electron chi connectivity index (χ0n) is 15.5. The number of hydrogen-bond acceptors (Lipinski definition) is 3. The summed E-state index contributed by atoms with van der Waals surface area (Å²) in [7, 11) is 0. The molecule has 1 atom stereocenters. The minimum Gasteiger partial charge on any atom is -0.480 e. The molecule has 0 radical (unpaired) electrons. The third-order valence-electron chi connectivity index (χ3n) is 4.68. The van der Waals surface area contributed by atoms with Crippen LogP contribution in [-0.4, -0.2) is 28.9 Å². The number of carboxylic acids is 1. The van der Waals surface area contributed by atoms with Crippen molar-refractivity contribution < 1.29 is 19.5 Å².